The molecule has 1 fully saturated rings. The molecule has 3 rings (SSSR count). The van der Waals surface area contributed by atoms with Crippen molar-refractivity contribution >= 4 is 17.5 Å². The van der Waals surface area contributed by atoms with Crippen LogP contribution in [0.2, 0.25) is 0 Å². The lowest BCUT2D eigenvalue weighted by Crippen LogP contribution is -2.49. The maximum Gasteiger partial charge on any atom is 0.272 e. The van der Waals surface area contributed by atoms with E-state index in [0.717, 1.165) is 39.0 Å². The van der Waals surface area contributed by atoms with Crippen LogP contribution in [0.5, 0.6) is 0 Å². The number of hydrogen-bond acceptors (Lipinski definition) is 5. The third kappa shape index (κ3) is 4.80. The van der Waals surface area contributed by atoms with E-state index in [1.807, 2.05) is 4.90 Å². The number of aromatic nitrogens is 2. The van der Waals surface area contributed by atoms with E-state index in [-0.39, 0.29) is 5.91 Å². The number of carbonyl (C=O) groups is 1. The standard InChI is InChI=1S/C22H31N5O/c1-4-11-27(12-5-2)22-23-10-9-20(24-22)21(28)26-15-13-25(14-16-26)19-8-6-7-18(3)17-19/h6-10,17H,4-5,11-16H2,1-3H3. The number of hydrogen-bond donors (Lipinski definition) is 0. The number of aryl methyl sites for hydroxylation is 1. The van der Waals surface area contributed by atoms with Crippen LogP contribution in [0, 0.1) is 6.92 Å². The first-order valence-corrected chi connectivity index (χ1v) is 10.3. The molecule has 0 saturated carbocycles. The minimum Gasteiger partial charge on any atom is -0.368 e. The smallest absolute Gasteiger partial charge is 0.272 e. The van der Waals surface area contributed by atoms with Gasteiger partial charge in [0, 0.05) is 51.2 Å². The van der Waals surface area contributed by atoms with Crippen molar-refractivity contribution in [2.24, 2.45) is 0 Å². The van der Waals surface area contributed by atoms with Crippen molar-refractivity contribution in [1.82, 2.24) is 14.9 Å². The number of benzene rings is 1. The summed E-state index contributed by atoms with van der Waals surface area (Å²) < 4.78 is 0. The van der Waals surface area contributed by atoms with Crippen molar-refractivity contribution in [2.75, 3.05) is 49.1 Å². The van der Waals surface area contributed by atoms with Gasteiger partial charge in [0.1, 0.15) is 5.69 Å². The summed E-state index contributed by atoms with van der Waals surface area (Å²) in [6, 6.07) is 10.3. The Hall–Kier alpha value is -2.63. The van der Waals surface area contributed by atoms with Gasteiger partial charge < -0.3 is 14.7 Å². The number of anilines is 2. The summed E-state index contributed by atoms with van der Waals surface area (Å²) in [7, 11) is 0. The van der Waals surface area contributed by atoms with Gasteiger partial charge in [-0.2, -0.15) is 0 Å². The second kappa shape index (κ2) is 9.53. The van der Waals surface area contributed by atoms with Gasteiger partial charge in [-0.05, 0) is 43.5 Å². The van der Waals surface area contributed by atoms with Crippen LogP contribution in [0.1, 0.15) is 42.7 Å². The second-order valence-corrected chi connectivity index (χ2v) is 7.35. The summed E-state index contributed by atoms with van der Waals surface area (Å²) in [6.07, 6.45) is 3.77. The fourth-order valence-electron chi connectivity index (χ4n) is 3.63. The van der Waals surface area contributed by atoms with Crippen molar-refractivity contribution in [3.63, 3.8) is 0 Å². The van der Waals surface area contributed by atoms with E-state index in [1.165, 1.54) is 11.3 Å². The molecule has 28 heavy (non-hydrogen) atoms. The van der Waals surface area contributed by atoms with Gasteiger partial charge in [-0.15, -0.1) is 0 Å². The van der Waals surface area contributed by atoms with E-state index >= 15 is 0 Å². The minimum atomic E-state index is 0.000453. The molecule has 2 aromatic rings. The van der Waals surface area contributed by atoms with Crippen LogP contribution in [-0.4, -0.2) is 60.0 Å². The second-order valence-electron chi connectivity index (χ2n) is 7.35. The maximum absolute atomic E-state index is 13.0. The lowest BCUT2D eigenvalue weighted by atomic mass is 10.2. The Bertz CT molecular complexity index is 780. The summed E-state index contributed by atoms with van der Waals surface area (Å²) in [5.74, 6) is 0.661. The quantitative estimate of drug-likeness (QED) is 0.736. The normalized spacial score (nSPS) is 14.2. The molecule has 1 aliphatic rings. The number of amides is 1. The van der Waals surface area contributed by atoms with Crippen LogP contribution in [0.25, 0.3) is 0 Å². The van der Waals surface area contributed by atoms with Crippen molar-refractivity contribution in [1.29, 1.82) is 0 Å². The third-order valence-corrected chi connectivity index (χ3v) is 5.07. The molecule has 1 amide bonds. The van der Waals surface area contributed by atoms with Crippen LogP contribution in [0.4, 0.5) is 11.6 Å². The molecule has 0 atom stereocenters. The summed E-state index contributed by atoms with van der Waals surface area (Å²) >= 11 is 0. The fourth-order valence-corrected chi connectivity index (χ4v) is 3.63. The van der Waals surface area contributed by atoms with Gasteiger partial charge in [-0.1, -0.05) is 26.0 Å². The molecule has 6 nitrogen and oxygen atoms in total. The molecule has 150 valence electrons. The van der Waals surface area contributed by atoms with Crippen molar-refractivity contribution in [2.45, 2.75) is 33.6 Å². The Labute approximate surface area is 168 Å². The summed E-state index contributed by atoms with van der Waals surface area (Å²) in [4.78, 5) is 28.4. The zero-order valence-electron chi connectivity index (χ0n) is 17.3. The average molecular weight is 382 g/mol. The molecule has 1 aliphatic heterocycles. The van der Waals surface area contributed by atoms with Crippen LogP contribution in [0.3, 0.4) is 0 Å². The SMILES string of the molecule is CCCN(CCC)c1nccc(C(=O)N2CCN(c3cccc(C)c3)CC2)n1. The van der Waals surface area contributed by atoms with Gasteiger partial charge >= 0.3 is 0 Å². The Balaban J connectivity index is 1.65. The minimum absolute atomic E-state index is 0.000453. The molecule has 2 heterocycles. The van der Waals surface area contributed by atoms with E-state index in [0.29, 0.717) is 24.7 Å². The Morgan fingerprint density at radius 3 is 2.43 bits per heavy atom. The van der Waals surface area contributed by atoms with Gasteiger partial charge in [0.15, 0.2) is 0 Å². The molecule has 0 aliphatic carbocycles. The lowest BCUT2D eigenvalue weighted by molar-refractivity contribution is 0.0740. The zero-order chi connectivity index (χ0) is 19.9. The van der Waals surface area contributed by atoms with Crippen LogP contribution >= 0.6 is 0 Å². The Morgan fingerprint density at radius 2 is 1.79 bits per heavy atom. The van der Waals surface area contributed by atoms with Crippen LogP contribution in [0.15, 0.2) is 36.5 Å². The van der Waals surface area contributed by atoms with Crippen LogP contribution in [-0.2, 0) is 0 Å². The molecular formula is C22H31N5O. The monoisotopic (exact) mass is 381 g/mol. The molecule has 0 unspecified atom stereocenters. The number of piperazine rings is 1. The topological polar surface area (TPSA) is 52.6 Å². The lowest BCUT2D eigenvalue weighted by Gasteiger charge is -2.36. The summed E-state index contributed by atoms with van der Waals surface area (Å²) in [5.41, 5.74) is 2.98. The highest BCUT2D eigenvalue weighted by molar-refractivity contribution is 5.92. The molecule has 0 spiro atoms. The van der Waals surface area contributed by atoms with Gasteiger partial charge in [-0.25, -0.2) is 9.97 Å². The molecule has 1 aromatic carbocycles. The number of nitrogens with zero attached hydrogens (tertiary/aromatic N) is 5. The van der Waals surface area contributed by atoms with E-state index in [4.69, 9.17) is 0 Å². The zero-order valence-corrected chi connectivity index (χ0v) is 17.3. The summed E-state index contributed by atoms with van der Waals surface area (Å²) in [6.45, 7) is 11.3. The van der Waals surface area contributed by atoms with Crippen molar-refractivity contribution in [3.05, 3.63) is 47.8 Å². The molecule has 1 saturated heterocycles. The van der Waals surface area contributed by atoms with E-state index in [9.17, 15) is 4.79 Å². The maximum atomic E-state index is 13.0. The van der Waals surface area contributed by atoms with E-state index in [2.05, 4.69) is 64.8 Å². The highest BCUT2D eigenvalue weighted by Crippen LogP contribution is 2.19. The largest absolute Gasteiger partial charge is 0.368 e. The molecular weight excluding hydrogens is 350 g/mol. The predicted molar refractivity (Wildman–Crippen MR) is 114 cm³/mol. The number of carbonyl (C=O) groups excluding carboxylic acids is 1. The molecule has 0 radical (unpaired) electrons. The van der Waals surface area contributed by atoms with Crippen molar-refractivity contribution in [3.8, 4) is 0 Å². The first-order valence-electron chi connectivity index (χ1n) is 10.3. The average Bonchev–Trinajstić information content (AvgIpc) is 2.73. The van der Waals surface area contributed by atoms with Gasteiger partial charge in [0.05, 0.1) is 0 Å². The fraction of sp³-hybridized carbons (Fsp3) is 0.500. The first kappa shape index (κ1) is 20.1. The van der Waals surface area contributed by atoms with Gasteiger partial charge in [0.25, 0.3) is 5.91 Å². The number of rotatable bonds is 7. The molecule has 0 bridgehead atoms. The van der Waals surface area contributed by atoms with E-state index < -0.39 is 0 Å². The predicted octanol–water partition coefficient (Wildman–Crippen LogP) is 3.37. The first-order chi connectivity index (χ1) is 13.6. The third-order valence-electron chi connectivity index (χ3n) is 5.07. The molecule has 1 aromatic heterocycles. The van der Waals surface area contributed by atoms with E-state index in [1.54, 1.807) is 12.3 Å². The highest BCUT2D eigenvalue weighted by Gasteiger charge is 2.24. The Morgan fingerprint density at radius 1 is 1.07 bits per heavy atom. The summed E-state index contributed by atoms with van der Waals surface area (Å²) in [5, 5.41) is 0. The molecule has 6 heteroatoms. The molecule has 0 N–H and O–H groups in total. The Kier molecular flexibility index (Phi) is 6.85. The van der Waals surface area contributed by atoms with Crippen LogP contribution < -0.4 is 9.80 Å². The highest BCUT2D eigenvalue weighted by atomic mass is 16.2. The van der Waals surface area contributed by atoms with Gasteiger partial charge in [-0.3, -0.25) is 4.79 Å². The van der Waals surface area contributed by atoms with Crippen molar-refractivity contribution < 1.29 is 4.79 Å². The van der Waals surface area contributed by atoms with Gasteiger partial charge in [0.2, 0.25) is 5.95 Å².